The Morgan fingerprint density at radius 1 is 1.00 bits per heavy atom. The third-order valence-corrected chi connectivity index (χ3v) is 1.43. The molecule has 0 fully saturated rings. The number of halogens is 1. The first-order valence-electron chi connectivity index (χ1n) is 2.53. The van der Waals surface area contributed by atoms with Crippen molar-refractivity contribution in [2.24, 2.45) is 0 Å². The largest absolute Gasteiger partial charge is 0.344 e. The van der Waals surface area contributed by atoms with Crippen molar-refractivity contribution in [1.82, 2.24) is 6.15 Å². The molecular weight excluding hydrogens is 134 g/mol. The van der Waals surface area contributed by atoms with Crippen LogP contribution in [-0.4, -0.2) is 0 Å². The summed E-state index contributed by atoms with van der Waals surface area (Å²) in [5.41, 5.74) is 2.94. The van der Waals surface area contributed by atoms with Crippen molar-refractivity contribution >= 4 is 12.4 Å². The van der Waals surface area contributed by atoms with Gasteiger partial charge in [0.25, 0.3) is 0 Å². The molecule has 0 unspecified atom stereocenters. The molecule has 2 aliphatic rings. The molecule has 1 nitrogen and oxygen atoms in total. The first kappa shape index (κ1) is 8.47. The molecule has 2 heteroatoms. The lowest BCUT2D eigenvalue weighted by atomic mass is 10.3. The molecule has 0 aromatic heterocycles. The lowest BCUT2D eigenvalue weighted by molar-refractivity contribution is 1.32. The molecule has 0 aliphatic heterocycles. The van der Waals surface area contributed by atoms with Crippen LogP contribution in [0.4, 0.5) is 0 Å². The average molecular weight is 144 g/mol. The SMILES string of the molecule is C1=CC2=CC=C1C2.Cl.N. The topological polar surface area (TPSA) is 35.0 Å². The van der Waals surface area contributed by atoms with E-state index in [1.807, 2.05) is 0 Å². The fourth-order valence-corrected chi connectivity index (χ4v) is 1.01. The minimum absolute atomic E-state index is 0. The van der Waals surface area contributed by atoms with Crippen LogP contribution in [-0.2, 0) is 0 Å². The van der Waals surface area contributed by atoms with Crippen LogP contribution in [0.1, 0.15) is 6.42 Å². The van der Waals surface area contributed by atoms with Crippen molar-refractivity contribution in [2.45, 2.75) is 6.42 Å². The summed E-state index contributed by atoms with van der Waals surface area (Å²) >= 11 is 0. The second kappa shape index (κ2) is 2.85. The normalized spacial score (nSPS) is 17.8. The van der Waals surface area contributed by atoms with E-state index in [-0.39, 0.29) is 18.6 Å². The van der Waals surface area contributed by atoms with E-state index in [9.17, 15) is 0 Å². The lowest BCUT2D eigenvalue weighted by Crippen LogP contribution is -1.59. The maximum Gasteiger partial charge on any atom is -0.00258 e. The van der Waals surface area contributed by atoms with Crippen LogP contribution < -0.4 is 6.15 Å². The number of rotatable bonds is 0. The second-order valence-electron chi connectivity index (χ2n) is 1.99. The van der Waals surface area contributed by atoms with Crippen LogP contribution in [0.2, 0.25) is 0 Å². The van der Waals surface area contributed by atoms with E-state index in [1.165, 1.54) is 17.6 Å². The highest BCUT2D eigenvalue weighted by molar-refractivity contribution is 5.85. The molecule has 0 heterocycles. The Morgan fingerprint density at radius 3 is 1.56 bits per heavy atom. The monoisotopic (exact) mass is 143 g/mol. The smallest absolute Gasteiger partial charge is 0.00258 e. The Hall–Kier alpha value is -0.530. The predicted molar refractivity (Wildman–Crippen MR) is 42.2 cm³/mol. The molecule has 0 aromatic rings. The van der Waals surface area contributed by atoms with Crippen molar-refractivity contribution in [3.63, 3.8) is 0 Å². The van der Waals surface area contributed by atoms with Gasteiger partial charge in [0.05, 0.1) is 0 Å². The molecule has 0 saturated carbocycles. The molecular formula is C7H10ClN. The zero-order valence-corrected chi connectivity index (χ0v) is 5.95. The number of hydrogen-bond donors (Lipinski definition) is 1. The van der Waals surface area contributed by atoms with Crippen LogP contribution in [0.3, 0.4) is 0 Å². The average Bonchev–Trinajstić information content (AvgIpc) is 2.22. The molecule has 0 aromatic carbocycles. The van der Waals surface area contributed by atoms with Crippen LogP contribution in [0, 0.1) is 0 Å². The Kier molecular flexibility index (Phi) is 2.68. The van der Waals surface area contributed by atoms with Gasteiger partial charge in [0, 0.05) is 0 Å². The molecule has 2 bridgehead atoms. The van der Waals surface area contributed by atoms with Gasteiger partial charge in [0.2, 0.25) is 0 Å². The Balaban J connectivity index is 0.000000320. The highest BCUT2D eigenvalue weighted by Gasteiger charge is 2.07. The fraction of sp³-hybridized carbons (Fsp3) is 0.143. The highest BCUT2D eigenvalue weighted by atomic mass is 35.5. The third kappa shape index (κ3) is 1.23. The zero-order chi connectivity index (χ0) is 4.69. The molecule has 0 saturated heterocycles. The van der Waals surface area contributed by atoms with Crippen LogP contribution in [0.5, 0.6) is 0 Å². The highest BCUT2D eigenvalue weighted by Crippen LogP contribution is 2.27. The van der Waals surface area contributed by atoms with Crippen LogP contribution >= 0.6 is 12.4 Å². The van der Waals surface area contributed by atoms with Gasteiger partial charge in [-0.05, 0) is 17.6 Å². The number of hydrogen-bond acceptors (Lipinski definition) is 1. The summed E-state index contributed by atoms with van der Waals surface area (Å²) in [5, 5.41) is 0. The quantitative estimate of drug-likeness (QED) is 0.555. The summed E-state index contributed by atoms with van der Waals surface area (Å²) in [6, 6.07) is 0. The van der Waals surface area contributed by atoms with Crippen molar-refractivity contribution < 1.29 is 0 Å². The molecule has 50 valence electrons. The van der Waals surface area contributed by atoms with Gasteiger partial charge in [-0.25, -0.2) is 0 Å². The van der Waals surface area contributed by atoms with Gasteiger partial charge in [0.1, 0.15) is 0 Å². The van der Waals surface area contributed by atoms with Crippen molar-refractivity contribution in [1.29, 1.82) is 0 Å². The predicted octanol–water partition coefficient (Wildman–Crippen LogP) is 2.40. The molecule has 0 spiro atoms. The minimum atomic E-state index is 0. The lowest BCUT2D eigenvalue weighted by Gasteiger charge is -1.77. The number of allylic oxidation sites excluding steroid dienone is 6. The zero-order valence-electron chi connectivity index (χ0n) is 5.13. The van der Waals surface area contributed by atoms with Gasteiger partial charge >= 0.3 is 0 Å². The van der Waals surface area contributed by atoms with Crippen molar-refractivity contribution in [3.05, 3.63) is 35.5 Å². The standard InChI is InChI=1S/C7H6.ClH.H3N/c1-2-7-4-3-6(1)5-7;;/h1-4H,5H2;1H;1H3. The molecule has 0 atom stereocenters. The maximum absolute atomic E-state index is 2.18. The van der Waals surface area contributed by atoms with E-state index < -0.39 is 0 Å². The van der Waals surface area contributed by atoms with Crippen LogP contribution in [0.25, 0.3) is 0 Å². The third-order valence-electron chi connectivity index (χ3n) is 1.43. The Labute approximate surface area is 61.1 Å². The summed E-state index contributed by atoms with van der Waals surface area (Å²) in [6.45, 7) is 0. The van der Waals surface area contributed by atoms with E-state index in [0.717, 1.165) is 0 Å². The minimum Gasteiger partial charge on any atom is -0.344 e. The Morgan fingerprint density at radius 2 is 1.44 bits per heavy atom. The first-order valence-corrected chi connectivity index (χ1v) is 2.53. The van der Waals surface area contributed by atoms with E-state index in [4.69, 9.17) is 0 Å². The Bertz CT molecular complexity index is 169. The van der Waals surface area contributed by atoms with Crippen LogP contribution in [0.15, 0.2) is 35.5 Å². The van der Waals surface area contributed by atoms with E-state index >= 15 is 0 Å². The summed E-state index contributed by atoms with van der Waals surface area (Å²) in [4.78, 5) is 0. The van der Waals surface area contributed by atoms with Gasteiger partial charge in [-0.3, -0.25) is 0 Å². The summed E-state index contributed by atoms with van der Waals surface area (Å²) in [6.07, 6.45) is 9.90. The van der Waals surface area contributed by atoms with Gasteiger partial charge in [-0.1, -0.05) is 24.3 Å². The molecule has 2 aliphatic carbocycles. The molecule has 3 N–H and O–H groups in total. The van der Waals surface area contributed by atoms with Gasteiger partial charge in [-0.2, -0.15) is 0 Å². The van der Waals surface area contributed by atoms with Crippen molar-refractivity contribution in [2.75, 3.05) is 0 Å². The fourth-order valence-electron chi connectivity index (χ4n) is 1.01. The molecule has 9 heavy (non-hydrogen) atoms. The maximum atomic E-state index is 2.18. The molecule has 2 rings (SSSR count). The van der Waals surface area contributed by atoms with E-state index in [2.05, 4.69) is 24.3 Å². The summed E-state index contributed by atoms with van der Waals surface area (Å²) in [7, 11) is 0. The van der Waals surface area contributed by atoms with E-state index in [1.54, 1.807) is 0 Å². The number of fused-ring (bicyclic) bond motifs is 2. The second-order valence-corrected chi connectivity index (χ2v) is 1.99. The van der Waals surface area contributed by atoms with Crippen molar-refractivity contribution in [3.8, 4) is 0 Å². The van der Waals surface area contributed by atoms with Gasteiger partial charge in [-0.15, -0.1) is 12.4 Å². The molecule has 0 radical (unpaired) electrons. The van der Waals surface area contributed by atoms with Gasteiger partial charge < -0.3 is 6.15 Å². The summed E-state index contributed by atoms with van der Waals surface area (Å²) in [5.74, 6) is 0. The van der Waals surface area contributed by atoms with Gasteiger partial charge in [0.15, 0.2) is 0 Å². The van der Waals surface area contributed by atoms with E-state index in [0.29, 0.717) is 0 Å². The molecule has 0 amide bonds. The summed E-state index contributed by atoms with van der Waals surface area (Å²) < 4.78 is 0. The first-order chi connectivity index (χ1) is 3.45.